The summed E-state index contributed by atoms with van der Waals surface area (Å²) in [6.45, 7) is 6.93. The predicted octanol–water partition coefficient (Wildman–Crippen LogP) is 7.36. The predicted molar refractivity (Wildman–Crippen MR) is 186 cm³/mol. The van der Waals surface area contributed by atoms with Crippen LogP contribution < -0.4 is 9.62 Å². The summed E-state index contributed by atoms with van der Waals surface area (Å²) in [5, 5.41) is 3.79. The number of nitrogens with zero attached hydrogens (tertiary/aromatic N) is 2. The SMILES string of the molecule is CC[C@H](C)NC(=O)[C@@H](Cc1ccccc1)N(Cc1ccc(Cl)cc1Cl)C(=O)CN(c1cc(C)ccc1C)S(=O)(=O)c1ccccc1. The lowest BCUT2D eigenvalue weighted by Gasteiger charge is -2.35. The van der Waals surface area contributed by atoms with Crippen LogP contribution in [0.25, 0.3) is 0 Å². The van der Waals surface area contributed by atoms with Gasteiger partial charge in [-0.25, -0.2) is 8.42 Å². The largest absolute Gasteiger partial charge is 0.352 e. The van der Waals surface area contributed by atoms with Gasteiger partial charge >= 0.3 is 0 Å². The van der Waals surface area contributed by atoms with Gasteiger partial charge in [0, 0.05) is 29.1 Å². The average Bonchev–Trinajstić information content (AvgIpc) is 3.04. The summed E-state index contributed by atoms with van der Waals surface area (Å²) in [5.41, 5.74) is 3.31. The Morgan fingerprint density at radius 3 is 2.15 bits per heavy atom. The number of anilines is 1. The first-order valence-corrected chi connectivity index (χ1v) is 17.3. The molecule has 0 radical (unpaired) electrons. The Morgan fingerprint density at radius 2 is 1.52 bits per heavy atom. The Hall–Kier alpha value is -3.85. The fourth-order valence-corrected chi connectivity index (χ4v) is 7.01. The molecule has 0 aliphatic heterocycles. The van der Waals surface area contributed by atoms with Gasteiger partial charge < -0.3 is 10.2 Å². The topological polar surface area (TPSA) is 86.8 Å². The molecule has 46 heavy (non-hydrogen) atoms. The van der Waals surface area contributed by atoms with Crippen molar-refractivity contribution in [1.82, 2.24) is 10.2 Å². The highest BCUT2D eigenvalue weighted by Crippen LogP contribution is 2.29. The number of hydrogen-bond acceptors (Lipinski definition) is 4. The number of nitrogens with one attached hydrogen (secondary N) is 1. The molecule has 2 amide bonds. The summed E-state index contributed by atoms with van der Waals surface area (Å²) in [6, 6.07) is 26.7. The highest BCUT2D eigenvalue weighted by Gasteiger charge is 2.35. The second-order valence-corrected chi connectivity index (χ2v) is 14.1. The summed E-state index contributed by atoms with van der Waals surface area (Å²) in [6.07, 6.45) is 0.894. The van der Waals surface area contributed by atoms with Crippen LogP contribution in [0.1, 0.15) is 42.5 Å². The highest BCUT2D eigenvalue weighted by molar-refractivity contribution is 7.92. The Kier molecular flexibility index (Phi) is 11.9. The van der Waals surface area contributed by atoms with E-state index in [1.54, 1.807) is 49.4 Å². The van der Waals surface area contributed by atoms with Gasteiger partial charge in [-0.3, -0.25) is 13.9 Å². The van der Waals surface area contributed by atoms with E-state index in [2.05, 4.69) is 5.32 Å². The lowest BCUT2D eigenvalue weighted by atomic mass is 10.0. The maximum Gasteiger partial charge on any atom is 0.264 e. The number of benzene rings is 4. The standard InChI is InChI=1S/C36H39Cl2N3O4S/c1-5-27(4)39-36(43)34(21-28-12-8-6-9-13-28)40(23-29-18-19-30(37)22-32(29)38)35(42)24-41(33-20-25(2)16-17-26(33)3)46(44,45)31-14-10-7-11-15-31/h6-20,22,27,34H,5,21,23-24H2,1-4H3,(H,39,43)/t27-,34+/m0/s1. The Balaban J connectivity index is 1.85. The number of rotatable bonds is 13. The van der Waals surface area contributed by atoms with E-state index < -0.39 is 28.5 Å². The minimum absolute atomic E-state index is 0.0475. The molecule has 2 atom stereocenters. The molecule has 242 valence electrons. The summed E-state index contributed by atoms with van der Waals surface area (Å²) < 4.78 is 29.6. The fourth-order valence-electron chi connectivity index (χ4n) is 5.05. The van der Waals surface area contributed by atoms with E-state index in [1.165, 1.54) is 17.0 Å². The number of amides is 2. The third kappa shape index (κ3) is 8.69. The van der Waals surface area contributed by atoms with Crippen LogP contribution in [-0.4, -0.2) is 43.8 Å². The molecule has 0 heterocycles. The molecule has 1 N–H and O–H groups in total. The zero-order chi connectivity index (χ0) is 33.4. The first kappa shape index (κ1) is 35.0. The zero-order valence-electron chi connectivity index (χ0n) is 26.4. The smallest absolute Gasteiger partial charge is 0.264 e. The van der Waals surface area contributed by atoms with Gasteiger partial charge in [0.15, 0.2) is 0 Å². The average molecular weight is 681 g/mol. The van der Waals surface area contributed by atoms with Crippen molar-refractivity contribution >= 4 is 50.7 Å². The van der Waals surface area contributed by atoms with Crippen molar-refractivity contribution in [3.05, 3.63) is 129 Å². The van der Waals surface area contributed by atoms with Gasteiger partial charge in [0.25, 0.3) is 10.0 Å². The molecule has 0 bridgehead atoms. The minimum atomic E-state index is -4.19. The van der Waals surface area contributed by atoms with E-state index in [0.29, 0.717) is 33.3 Å². The highest BCUT2D eigenvalue weighted by atomic mass is 35.5. The molecule has 7 nitrogen and oxygen atoms in total. The van der Waals surface area contributed by atoms with Gasteiger partial charge in [-0.2, -0.15) is 0 Å². The molecular formula is C36H39Cl2N3O4S. The van der Waals surface area contributed by atoms with Crippen molar-refractivity contribution in [3.63, 3.8) is 0 Å². The molecule has 0 saturated carbocycles. The van der Waals surface area contributed by atoms with E-state index in [9.17, 15) is 18.0 Å². The van der Waals surface area contributed by atoms with E-state index in [-0.39, 0.29) is 29.8 Å². The number of carbonyl (C=O) groups is 2. The number of hydrogen-bond donors (Lipinski definition) is 1. The lowest BCUT2D eigenvalue weighted by Crippen LogP contribution is -2.54. The monoisotopic (exact) mass is 679 g/mol. The summed E-state index contributed by atoms with van der Waals surface area (Å²) in [5.74, 6) is -0.910. The first-order valence-electron chi connectivity index (χ1n) is 15.1. The quantitative estimate of drug-likeness (QED) is 0.160. The van der Waals surface area contributed by atoms with E-state index in [4.69, 9.17) is 23.2 Å². The summed E-state index contributed by atoms with van der Waals surface area (Å²) >= 11 is 12.8. The van der Waals surface area contributed by atoms with Crippen LogP contribution >= 0.6 is 23.2 Å². The number of sulfonamides is 1. The number of halogens is 2. The van der Waals surface area contributed by atoms with E-state index in [1.807, 2.05) is 63.2 Å². The molecule has 4 rings (SSSR count). The van der Waals surface area contributed by atoms with Crippen molar-refractivity contribution < 1.29 is 18.0 Å². The van der Waals surface area contributed by atoms with Gasteiger partial charge in [0.05, 0.1) is 10.6 Å². The maximum absolute atomic E-state index is 14.6. The van der Waals surface area contributed by atoms with Crippen LogP contribution in [0.3, 0.4) is 0 Å². The van der Waals surface area contributed by atoms with Crippen LogP contribution in [0.5, 0.6) is 0 Å². The van der Waals surface area contributed by atoms with Gasteiger partial charge in [0.2, 0.25) is 11.8 Å². The molecule has 10 heteroatoms. The second kappa shape index (κ2) is 15.6. The van der Waals surface area contributed by atoms with Crippen molar-refractivity contribution in [2.45, 2.75) is 64.1 Å². The molecule has 0 aliphatic carbocycles. The van der Waals surface area contributed by atoms with Crippen LogP contribution in [0.4, 0.5) is 5.69 Å². The second-order valence-electron chi connectivity index (χ2n) is 11.4. The molecule has 0 spiro atoms. The molecule has 0 fully saturated rings. The third-order valence-electron chi connectivity index (χ3n) is 7.87. The fraction of sp³-hybridized carbons (Fsp3) is 0.278. The molecule has 0 saturated heterocycles. The van der Waals surface area contributed by atoms with Crippen molar-refractivity contribution in [1.29, 1.82) is 0 Å². The maximum atomic E-state index is 14.6. The van der Waals surface area contributed by atoms with Crippen molar-refractivity contribution in [2.75, 3.05) is 10.8 Å². The Bertz CT molecular complexity index is 1770. The van der Waals surface area contributed by atoms with Gasteiger partial charge in [-0.1, -0.05) is 96.9 Å². The Morgan fingerprint density at radius 1 is 0.870 bits per heavy atom. The van der Waals surface area contributed by atoms with E-state index in [0.717, 1.165) is 15.4 Å². The van der Waals surface area contributed by atoms with Crippen LogP contribution in [0.15, 0.2) is 102 Å². The van der Waals surface area contributed by atoms with Crippen molar-refractivity contribution in [3.8, 4) is 0 Å². The summed E-state index contributed by atoms with van der Waals surface area (Å²) in [4.78, 5) is 30.1. The van der Waals surface area contributed by atoms with Crippen LogP contribution in [0.2, 0.25) is 10.0 Å². The van der Waals surface area contributed by atoms with Gasteiger partial charge in [-0.05, 0) is 79.8 Å². The molecule has 0 aliphatic rings. The Labute approximate surface area is 282 Å². The molecule has 4 aromatic carbocycles. The molecule has 4 aromatic rings. The normalized spacial score (nSPS) is 12.7. The van der Waals surface area contributed by atoms with E-state index >= 15 is 0 Å². The van der Waals surface area contributed by atoms with Gasteiger partial charge in [0.1, 0.15) is 12.6 Å². The van der Waals surface area contributed by atoms with Crippen molar-refractivity contribution in [2.24, 2.45) is 0 Å². The zero-order valence-corrected chi connectivity index (χ0v) is 28.7. The molecule has 0 unspecified atom stereocenters. The third-order valence-corrected chi connectivity index (χ3v) is 10.2. The number of aryl methyl sites for hydroxylation is 2. The lowest BCUT2D eigenvalue weighted by molar-refractivity contribution is -0.140. The van der Waals surface area contributed by atoms with Gasteiger partial charge in [-0.15, -0.1) is 0 Å². The molecular weight excluding hydrogens is 641 g/mol. The number of carbonyl (C=O) groups excluding carboxylic acids is 2. The first-order chi connectivity index (χ1) is 21.9. The summed E-state index contributed by atoms with van der Waals surface area (Å²) in [7, 11) is -4.19. The molecule has 0 aromatic heterocycles. The minimum Gasteiger partial charge on any atom is -0.352 e. The van der Waals surface area contributed by atoms with Crippen LogP contribution in [-0.2, 0) is 32.6 Å². The van der Waals surface area contributed by atoms with Crippen LogP contribution in [0, 0.1) is 13.8 Å².